The van der Waals surface area contributed by atoms with E-state index in [-0.39, 0.29) is 19.6 Å². The third-order valence-corrected chi connectivity index (χ3v) is 14.8. The van der Waals surface area contributed by atoms with E-state index in [1.165, 1.54) is 77.0 Å². The standard InChI is InChI=1S/C69H116O14/c1-3-5-7-9-11-13-15-17-19-21-23-25-27-29-30-32-34-36-38-40-42-44-46-48-50-52-61(71)81-58(56-79-68-67(77)65(75)63(73)60(83-68)57-80-69-66(76)64(74)62(72)59(54-70)82-69)55-78-53-51-49-47-45-43-41-39-37-35-33-31-28-26-24-22-20-18-16-14-12-10-8-6-4-2/h5,7,11,13,16-19,22-25,28-31,34,36,58-60,62-70,72-77H,3-4,6,8-10,12,14-15,20-21,26-27,32-33,35,37-57H2,1-2H3/b7-5-,13-11-,18-16-,19-17-,24-22-,25-23-,30-29-,31-28-,36-34-. The maximum Gasteiger partial charge on any atom is 0.306 e. The van der Waals surface area contributed by atoms with E-state index >= 15 is 0 Å². The number of hydrogen-bond acceptors (Lipinski definition) is 14. The minimum atomic E-state index is -1.72. The molecule has 14 heteroatoms. The average Bonchev–Trinajstić information content (AvgIpc) is 3.67. The molecule has 0 bridgehead atoms. The molecule has 0 aromatic carbocycles. The van der Waals surface area contributed by atoms with E-state index in [0.29, 0.717) is 13.0 Å². The third-order valence-electron chi connectivity index (χ3n) is 14.8. The van der Waals surface area contributed by atoms with Crippen LogP contribution in [0.3, 0.4) is 0 Å². The summed E-state index contributed by atoms with van der Waals surface area (Å²) in [6.07, 6.45) is 58.6. The number of unbranched alkanes of at least 4 members (excludes halogenated alkanes) is 20. The molecule has 476 valence electrons. The Balaban J connectivity index is 1.69. The van der Waals surface area contributed by atoms with Crippen molar-refractivity contribution in [1.29, 1.82) is 0 Å². The van der Waals surface area contributed by atoms with Crippen LogP contribution in [0, 0.1) is 0 Å². The summed E-state index contributed by atoms with van der Waals surface area (Å²) in [6, 6.07) is 0. The highest BCUT2D eigenvalue weighted by molar-refractivity contribution is 5.69. The molecule has 2 aliphatic heterocycles. The van der Waals surface area contributed by atoms with Crippen LogP contribution in [0.15, 0.2) is 109 Å². The van der Waals surface area contributed by atoms with Gasteiger partial charge in [-0.15, -0.1) is 0 Å². The van der Waals surface area contributed by atoms with Crippen LogP contribution in [0.4, 0.5) is 0 Å². The molecule has 2 aliphatic rings. The number of carbonyl (C=O) groups is 1. The number of hydrogen-bond donors (Lipinski definition) is 7. The first-order valence-corrected chi connectivity index (χ1v) is 32.5. The molecule has 0 aromatic heterocycles. The topological polar surface area (TPSA) is 214 Å². The maximum atomic E-state index is 13.1. The average molecular weight is 1170 g/mol. The van der Waals surface area contributed by atoms with Crippen molar-refractivity contribution in [3.05, 3.63) is 109 Å². The second-order valence-electron chi connectivity index (χ2n) is 22.2. The molecule has 14 nitrogen and oxygen atoms in total. The minimum absolute atomic E-state index is 0.0446. The fourth-order valence-corrected chi connectivity index (χ4v) is 9.59. The predicted octanol–water partition coefficient (Wildman–Crippen LogP) is 13.1. The smallest absolute Gasteiger partial charge is 0.306 e. The van der Waals surface area contributed by atoms with Crippen LogP contribution in [0.25, 0.3) is 0 Å². The second-order valence-corrected chi connectivity index (χ2v) is 22.2. The van der Waals surface area contributed by atoms with Gasteiger partial charge in [0.25, 0.3) is 0 Å². The molecule has 0 radical (unpaired) electrons. The summed E-state index contributed by atoms with van der Waals surface area (Å²) in [5.74, 6) is -0.395. The van der Waals surface area contributed by atoms with Gasteiger partial charge in [-0.1, -0.05) is 220 Å². The van der Waals surface area contributed by atoms with Crippen LogP contribution in [-0.4, -0.2) is 142 Å². The Kier molecular flexibility index (Phi) is 49.3. The molecule has 0 saturated carbocycles. The number of esters is 1. The van der Waals surface area contributed by atoms with Crippen molar-refractivity contribution >= 4 is 5.97 Å². The monoisotopic (exact) mass is 1170 g/mol. The van der Waals surface area contributed by atoms with E-state index in [2.05, 4.69) is 123 Å². The zero-order valence-electron chi connectivity index (χ0n) is 51.4. The summed E-state index contributed by atoms with van der Waals surface area (Å²) in [5, 5.41) is 72.5. The quantitative estimate of drug-likeness (QED) is 0.0172. The Bertz CT molecular complexity index is 1790. The summed E-state index contributed by atoms with van der Waals surface area (Å²) >= 11 is 0. The molecule has 0 spiro atoms. The molecule has 2 heterocycles. The molecular weight excluding hydrogens is 1050 g/mol. The van der Waals surface area contributed by atoms with Crippen LogP contribution in [0.2, 0.25) is 0 Å². The number of allylic oxidation sites excluding steroid dienone is 18. The lowest BCUT2D eigenvalue weighted by Gasteiger charge is -2.42. The summed E-state index contributed by atoms with van der Waals surface area (Å²) in [5.41, 5.74) is 0. The third kappa shape index (κ3) is 39.9. The van der Waals surface area contributed by atoms with Crippen molar-refractivity contribution in [1.82, 2.24) is 0 Å². The number of aliphatic hydroxyl groups is 7. The normalized spacial score (nSPS) is 24.2. The van der Waals surface area contributed by atoms with Gasteiger partial charge in [-0.3, -0.25) is 4.79 Å². The summed E-state index contributed by atoms with van der Waals surface area (Å²) < 4.78 is 34.5. The van der Waals surface area contributed by atoms with Gasteiger partial charge < -0.3 is 64.2 Å². The number of ether oxygens (including phenoxy) is 6. The van der Waals surface area contributed by atoms with Gasteiger partial charge in [0.15, 0.2) is 12.6 Å². The van der Waals surface area contributed by atoms with E-state index in [4.69, 9.17) is 28.4 Å². The largest absolute Gasteiger partial charge is 0.457 e. The zero-order chi connectivity index (χ0) is 60.1. The van der Waals surface area contributed by atoms with E-state index in [9.17, 15) is 40.5 Å². The van der Waals surface area contributed by atoms with Crippen molar-refractivity contribution in [2.24, 2.45) is 0 Å². The zero-order valence-corrected chi connectivity index (χ0v) is 51.4. The lowest BCUT2D eigenvalue weighted by Crippen LogP contribution is -2.61. The molecule has 2 fully saturated rings. The van der Waals surface area contributed by atoms with Gasteiger partial charge in [0.1, 0.15) is 54.9 Å². The Hall–Kier alpha value is -3.35. The van der Waals surface area contributed by atoms with E-state index < -0.39 is 86.7 Å². The van der Waals surface area contributed by atoms with E-state index in [1.54, 1.807) is 0 Å². The van der Waals surface area contributed by atoms with Crippen LogP contribution in [-0.2, 0) is 33.2 Å². The van der Waals surface area contributed by atoms with Crippen LogP contribution in [0.5, 0.6) is 0 Å². The van der Waals surface area contributed by atoms with Gasteiger partial charge in [0.05, 0.1) is 26.4 Å². The molecule has 0 aliphatic carbocycles. The molecule has 11 atom stereocenters. The van der Waals surface area contributed by atoms with Crippen molar-refractivity contribution in [3.8, 4) is 0 Å². The van der Waals surface area contributed by atoms with Crippen molar-refractivity contribution in [2.45, 2.75) is 287 Å². The first-order valence-electron chi connectivity index (χ1n) is 32.5. The van der Waals surface area contributed by atoms with Crippen molar-refractivity contribution < 1.29 is 69.0 Å². The fraction of sp³-hybridized carbons (Fsp3) is 0.725. The Morgan fingerprint density at radius 3 is 1.23 bits per heavy atom. The van der Waals surface area contributed by atoms with Crippen LogP contribution >= 0.6 is 0 Å². The first-order chi connectivity index (χ1) is 40.6. The van der Waals surface area contributed by atoms with E-state index in [1.807, 2.05) is 0 Å². The van der Waals surface area contributed by atoms with Crippen LogP contribution < -0.4 is 0 Å². The Morgan fingerprint density at radius 2 is 0.783 bits per heavy atom. The lowest BCUT2D eigenvalue weighted by atomic mass is 9.98. The Labute approximate surface area is 502 Å². The maximum absolute atomic E-state index is 13.1. The number of rotatable bonds is 52. The van der Waals surface area contributed by atoms with Gasteiger partial charge in [0, 0.05) is 13.0 Å². The van der Waals surface area contributed by atoms with Gasteiger partial charge in [0.2, 0.25) is 0 Å². The molecule has 0 aromatic rings. The summed E-state index contributed by atoms with van der Waals surface area (Å²) in [4.78, 5) is 13.1. The van der Waals surface area contributed by atoms with Crippen molar-refractivity contribution in [3.63, 3.8) is 0 Å². The highest BCUT2D eigenvalue weighted by Gasteiger charge is 2.47. The molecule has 7 N–H and O–H groups in total. The van der Waals surface area contributed by atoms with E-state index in [0.717, 1.165) is 116 Å². The number of carbonyl (C=O) groups excluding carboxylic acids is 1. The number of aliphatic hydroxyl groups excluding tert-OH is 7. The summed E-state index contributed by atoms with van der Waals surface area (Å²) in [7, 11) is 0. The minimum Gasteiger partial charge on any atom is -0.457 e. The lowest BCUT2D eigenvalue weighted by molar-refractivity contribution is -0.332. The molecule has 83 heavy (non-hydrogen) atoms. The molecule has 2 rings (SSSR count). The second kappa shape index (κ2) is 54.1. The van der Waals surface area contributed by atoms with Gasteiger partial charge >= 0.3 is 5.97 Å². The van der Waals surface area contributed by atoms with Gasteiger partial charge in [-0.05, 0) is 103 Å². The fourth-order valence-electron chi connectivity index (χ4n) is 9.59. The molecular formula is C69H116O14. The molecule has 11 unspecified atom stereocenters. The van der Waals surface area contributed by atoms with Crippen LogP contribution in [0.1, 0.15) is 219 Å². The van der Waals surface area contributed by atoms with Gasteiger partial charge in [-0.25, -0.2) is 0 Å². The molecule has 0 amide bonds. The SMILES string of the molecule is CC/C=C\C/C=C\C/C=C\C/C=C\C/C=C\C/C=C\CCCCCCCCC(=O)OC(COCCCCCCCCCCC/C=C\C/C=C\C/C=C\CCCCCCC)COC1OC(COC2OC(CO)C(O)C(O)C2O)C(O)C(O)C1O. The highest BCUT2D eigenvalue weighted by atomic mass is 16.7. The predicted molar refractivity (Wildman–Crippen MR) is 334 cm³/mol. The van der Waals surface area contributed by atoms with Gasteiger partial charge in [-0.2, -0.15) is 0 Å². The Morgan fingerprint density at radius 1 is 0.410 bits per heavy atom. The highest BCUT2D eigenvalue weighted by Crippen LogP contribution is 2.27. The van der Waals surface area contributed by atoms with Crippen molar-refractivity contribution in [2.75, 3.05) is 33.0 Å². The summed E-state index contributed by atoms with van der Waals surface area (Å²) in [6.45, 7) is 3.53. The first kappa shape index (κ1) is 75.7. The molecule has 2 saturated heterocycles.